The van der Waals surface area contributed by atoms with E-state index < -0.39 is 0 Å². The maximum atomic E-state index is 13.2. The van der Waals surface area contributed by atoms with Crippen LogP contribution in [-0.4, -0.2) is 13.2 Å². The zero-order valence-corrected chi connectivity index (χ0v) is 11.5. The van der Waals surface area contributed by atoms with E-state index >= 15 is 0 Å². The van der Waals surface area contributed by atoms with Gasteiger partial charge in [-0.25, -0.2) is 4.39 Å². The number of hydrogen-bond donors (Lipinski definition) is 1. The van der Waals surface area contributed by atoms with E-state index in [2.05, 4.69) is 12.2 Å². The number of benzene rings is 1. The highest BCUT2D eigenvalue weighted by atomic mass is 35.5. The van der Waals surface area contributed by atoms with Crippen molar-refractivity contribution in [2.24, 2.45) is 0 Å². The molecule has 1 unspecified atom stereocenters. The first-order valence-corrected chi connectivity index (χ1v) is 6.53. The first kappa shape index (κ1) is 15.0. The van der Waals surface area contributed by atoms with Crippen LogP contribution in [0, 0.1) is 5.82 Å². The van der Waals surface area contributed by atoms with Gasteiger partial charge < -0.3 is 10.1 Å². The third-order valence-electron chi connectivity index (χ3n) is 2.57. The van der Waals surface area contributed by atoms with Crippen LogP contribution >= 0.6 is 11.6 Å². The van der Waals surface area contributed by atoms with E-state index in [4.69, 9.17) is 16.3 Å². The zero-order chi connectivity index (χ0) is 13.4. The van der Waals surface area contributed by atoms with E-state index in [9.17, 15) is 4.39 Å². The molecule has 0 aliphatic heterocycles. The lowest BCUT2D eigenvalue weighted by atomic mass is 10.1. The molecule has 0 radical (unpaired) electrons. The second-order valence-electron chi connectivity index (χ2n) is 4.03. The van der Waals surface area contributed by atoms with Crippen LogP contribution in [0.15, 0.2) is 29.8 Å². The molecular formula is C14H19ClFNO. The van der Waals surface area contributed by atoms with Gasteiger partial charge in [-0.2, -0.15) is 0 Å². The average molecular weight is 272 g/mol. The van der Waals surface area contributed by atoms with E-state index in [1.54, 1.807) is 12.1 Å². The summed E-state index contributed by atoms with van der Waals surface area (Å²) in [5.41, 5.74) is 2.34. The second kappa shape index (κ2) is 8.11. The van der Waals surface area contributed by atoms with Crippen LogP contribution in [0.4, 0.5) is 4.39 Å². The summed E-state index contributed by atoms with van der Waals surface area (Å²) in [6.07, 6.45) is 2.72. The minimum Gasteiger partial charge on any atom is -0.489 e. The molecule has 0 saturated heterocycles. The molecule has 1 aromatic rings. The van der Waals surface area contributed by atoms with Gasteiger partial charge in [-0.05, 0) is 32.0 Å². The molecule has 1 N–H and O–H groups in total. The van der Waals surface area contributed by atoms with Gasteiger partial charge in [-0.3, -0.25) is 0 Å². The Labute approximate surface area is 113 Å². The largest absolute Gasteiger partial charge is 0.489 e. The summed E-state index contributed by atoms with van der Waals surface area (Å²) < 4.78 is 18.7. The van der Waals surface area contributed by atoms with Crippen LogP contribution in [0.25, 0.3) is 0 Å². The molecular weight excluding hydrogens is 253 g/mol. The molecule has 1 atom stereocenters. The lowest BCUT2D eigenvalue weighted by Gasteiger charge is -2.17. The van der Waals surface area contributed by atoms with Gasteiger partial charge in [0, 0.05) is 23.2 Å². The van der Waals surface area contributed by atoms with E-state index in [0.29, 0.717) is 12.4 Å². The molecule has 0 spiro atoms. The van der Waals surface area contributed by atoms with Crippen molar-refractivity contribution in [3.63, 3.8) is 0 Å². The van der Waals surface area contributed by atoms with Crippen molar-refractivity contribution in [2.75, 3.05) is 13.2 Å². The number of hydrogen-bond acceptors (Lipinski definition) is 2. The minimum absolute atomic E-state index is 0.125. The van der Waals surface area contributed by atoms with Crippen LogP contribution in [-0.2, 0) is 0 Å². The third kappa shape index (κ3) is 4.67. The van der Waals surface area contributed by atoms with Crippen molar-refractivity contribution in [3.05, 3.63) is 41.2 Å². The van der Waals surface area contributed by atoms with Crippen molar-refractivity contribution in [3.8, 4) is 5.75 Å². The van der Waals surface area contributed by atoms with Crippen LogP contribution in [0.3, 0.4) is 0 Å². The van der Waals surface area contributed by atoms with Gasteiger partial charge in [-0.1, -0.05) is 24.6 Å². The Kier molecular flexibility index (Phi) is 6.76. The molecule has 4 heteroatoms. The van der Waals surface area contributed by atoms with E-state index in [1.807, 2.05) is 6.92 Å². The Morgan fingerprint density at radius 3 is 2.94 bits per heavy atom. The highest BCUT2D eigenvalue weighted by Gasteiger charge is 2.11. The van der Waals surface area contributed by atoms with E-state index in [1.165, 1.54) is 17.7 Å². The summed E-state index contributed by atoms with van der Waals surface area (Å²) in [5, 5.41) is 3.35. The maximum absolute atomic E-state index is 13.2. The van der Waals surface area contributed by atoms with Crippen molar-refractivity contribution < 1.29 is 9.13 Å². The molecule has 100 valence electrons. The smallest absolute Gasteiger partial charge is 0.127 e. The fourth-order valence-electron chi connectivity index (χ4n) is 1.64. The van der Waals surface area contributed by atoms with Crippen LogP contribution in [0.1, 0.15) is 31.9 Å². The summed E-state index contributed by atoms with van der Waals surface area (Å²) in [7, 11) is 0. The molecule has 0 amide bonds. The number of nitrogens with one attached hydrogen (secondary N) is 1. The minimum atomic E-state index is -0.300. The predicted octanol–water partition coefficient (Wildman–Crippen LogP) is 4.02. The topological polar surface area (TPSA) is 21.3 Å². The summed E-state index contributed by atoms with van der Waals surface area (Å²) >= 11 is 5.42. The number of rotatable bonds is 7. The molecule has 0 fully saturated rings. The first-order valence-electron chi connectivity index (χ1n) is 6.09. The molecule has 0 saturated carbocycles. The van der Waals surface area contributed by atoms with Gasteiger partial charge in [0.25, 0.3) is 0 Å². The van der Waals surface area contributed by atoms with Crippen LogP contribution in [0.2, 0.25) is 0 Å². The number of halogens is 2. The molecule has 18 heavy (non-hydrogen) atoms. The van der Waals surface area contributed by atoms with Gasteiger partial charge in [0.2, 0.25) is 0 Å². The van der Waals surface area contributed by atoms with Gasteiger partial charge in [0.1, 0.15) is 18.2 Å². The Balaban J connectivity index is 2.81. The monoisotopic (exact) mass is 271 g/mol. The highest BCUT2D eigenvalue weighted by Crippen LogP contribution is 2.26. The lowest BCUT2D eigenvalue weighted by molar-refractivity contribution is 0.351. The van der Waals surface area contributed by atoms with Gasteiger partial charge in [-0.15, -0.1) is 0 Å². The molecule has 0 aromatic heterocycles. The molecule has 2 nitrogen and oxygen atoms in total. The maximum Gasteiger partial charge on any atom is 0.127 e. The molecule has 1 aromatic carbocycles. The average Bonchev–Trinajstić information content (AvgIpc) is 2.36. The van der Waals surface area contributed by atoms with E-state index in [-0.39, 0.29) is 11.9 Å². The van der Waals surface area contributed by atoms with Crippen molar-refractivity contribution >= 4 is 11.6 Å². The Bertz CT molecular complexity index is 395. The highest BCUT2D eigenvalue weighted by molar-refractivity contribution is 6.25. The molecule has 1 rings (SSSR count). The fourth-order valence-corrected chi connectivity index (χ4v) is 1.71. The Morgan fingerprint density at radius 2 is 2.28 bits per heavy atom. The quantitative estimate of drug-likeness (QED) is 0.809. The van der Waals surface area contributed by atoms with E-state index in [0.717, 1.165) is 18.5 Å². The van der Waals surface area contributed by atoms with Crippen molar-refractivity contribution in [1.82, 2.24) is 5.32 Å². The predicted molar refractivity (Wildman–Crippen MR) is 73.6 cm³/mol. The van der Waals surface area contributed by atoms with Gasteiger partial charge in [0.05, 0.1) is 0 Å². The second-order valence-corrected chi connectivity index (χ2v) is 4.28. The Hall–Kier alpha value is -1.06. The zero-order valence-electron chi connectivity index (χ0n) is 10.7. The number of ether oxygens (including phenoxy) is 1. The SMILES string of the molecule is CCCNC(C)c1ccc(F)cc1OC/C=C/Cl. The standard InChI is InChI=1S/C14H19ClFNO/c1-3-8-17-11(2)13-6-5-12(16)10-14(13)18-9-4-7-15/h4-7,10-11,17H,3,8-9H2,1-2H3/b7-4+. The molecule has 0 aliphatic carbocycles. The van der Waals surface area contributed by atoms with Gasteiger partial charge in [0.15, 0.2) is 0 Å². The Morgan fingerprint density at radius 1 is 1.50 bits per heavy atom. The van der Waals surface area contributed by atoms with Crippen molar-refractivity contribution in [1.29, 1.82) is 0 Å². The van der Waals surface area contributed by atoms with Gasteiger partial charge >= 0.3 is 0 Å². The third-order valence-corrected chi connectivity index (χ3v) is 2.74. The van der Waals surface area contributed by atoms with Crippen molar-refractivity contribution in [2.45, 2.75) is 26.3 Å². The normalized spacial score (nSPS) is 12.9. The summed E-state index contributed by atoms with van der Waals surface area (Å²) in [6, 6.07) is 4.73. The molecule has 0 bridgehead atoms. The molecule has 0 heterocycles. The summed E-state index contributed by atoms with van der Waals surface area (Å²) in [5.74, 6) is 0.257. The fraction of sp³-hybridized carbons (Fsp3) is 0.429. The molecule has 0 aliphatic rings. The first-order chi connectivity index (χ1) is 8.69. The lowest BCUT2D eigenvalue weighted by Crippen LogP contribution is -2.20. The van der Waals surface area contributed by atoms with Crippen LogP contribution in [0.5, 0.6) is 5.75 Å². The summed E-state index contributed by atoms with van der Waals surface area (Å²) in [4.78, 5) is 0. The van der Waals surface area contributed by atoms with Crippen LogP contribution < -0.4 is 10.1 Å². The summed E-state index contributed by atoms with van der Waals surface area (Å²) in [6.45, 7) is 5.39.